The highest BCUT2D eigenvalue weighted by atomic mass is 31.3. The van der Waals surface area contributed by atoms with Gasteiger partial charge >= 0.3 is 30.6 Å². The third kappa shape index (κ3) is 10.6. The highest BCUT2D eigenvalue weighted by Gasteiger charge is 2.48. The van der Waals surface area contributed by atoms with Gasteiger partial charge < -0.3 is 31.7 Å². The number of nitrogens with zero attached hydrogens (tertiary/aromatic N) is 4. The molecule has 1 unspecified atom stereocenters. The summed E-state index contributed by atoms with van der Waals surface area (Å²) < 4.78 is 77.1. The molecule has 0 saturated carbocycles. The molecule has 1 aliphatic heterocycles. The Labute approximate surface area is 349 Å². The lowest BCUT2D eigenvalue weighted by Crippen LogP contribution is -2.10. The first-order valence-corrected chi connectivity index (χ1v) is 25.0. The highest BCUT2D eigenvalue weighted by Crippen LogP contribution is 2.79. The van der Waals surface area contributed by atoms with E-state index in [-0.39, 0.29) is 6.61 Å². The normalized spacial score (nSPS) is 17.2. The third-order valence-corrected chi connectivity index (χ3v) is 18.9. The van der Waals surface area contributed by atoms with E-state index in [0.29, 0.717) is 40.2 Å². The van der Waals surface area contributed by atoms with Crippen molar-refractivity contribution < 1.29 is 36.2 Å². The van der Waals surface area contributed by atoms with Gasteiger partial charge in [0.25, 0.3) is 0 Å². The summed E-state index contributed by atoms with van der Waals surface area (Å²) in [6.07, 6.45) is 0. The predicted octanol–water partition coefficient (Wildman–Crippen LogP) is 15.4. The smallest absolute Gasteiger partial charge is 0.422 e. The molecule has 0 spiro atoms. The molecular formula is C44H40N4O8P4. The largest absolute Gasteiger partial charge is 0.460 e. The molecule has 1 aliphatic rings. The monoisotopic (exact) mass is 876 g/mol. The molecule has 0 saturated heterocycles. The van der Waals surface area contributed by atoms with Crippen LogP contribution in [0.4, 0.5) is 0 Å². The van der Waals surface area contributed by atoms with Crippen LogP contribution in [0.5, 0.6) is 40.2 Å². The van der Waals surface area contributed by atoms with E-state index in [2.05, 4.69) is 0 Å². The van der Waals surface area contributed by atoms with Crippen LogP contribution in [0.15, 0.2) is 230 Å². The summed E-state index contributed by atoms with van der Waals surface area (Å²) in [5, 5.41) is 0. The summed E-state index contributed by atoms with van der Waals surface area (Å²) in [6.45, 7) is 1.90. The van der Waals surface area contributed by atoms with Crippen LogP contribution in [0.25, 0.3) is 0 Å². The summed E-state index contributed by atoms with van der Waals surface area (Å²) in [7, 11) is -16.9. The van der Waals surface area contributed by atoms with Gasteiger partial charge in [-0.25, -0.2) is 0 Å². The molecule has 0 bridgehead atoms. The Balaban J connectivity index is 1.55. The number of benzene rings is 7. The van der Waals surface area contributed by atoms with Crippen LogP contribution in [-0.4, -0.2) is 6.61 Å². The van der Waals surface area contributed by atoms with Gasteiger partial charge in [-0.2, -0.15) is 0 Å². The lowest BCUT2D eigenvalue weighted by molar-refractivity contribution is 0.323. The Bertz CT molecular complexity index is 2470. The Morgan fingerprint density at radius 1 is 0.267 bits per heavy atom. The zero-order chi connectivity index (χ0) is 41.0. The van der Waals surface area contributed by atoms with E-state index in [1.807, 2.05) is 134 Å². The summed E-state index contributed by atoms with van der Waals surface area (Å²) in [5.41, 5.74) is 0. The molecule has 0 aromatic heterocycles. The standard InChI is InChI=1S/C44H40N4O8P4/c1-2-49-57(50-38-24-10-3-11-25-38)45-58(51-39-26-12-4-13-27-39,52-40-28-14-5-15-29-40)47-60(55-43-34-20-8-21-35-43,56-44-36-22-9-23-37-44)48-59(46-57,53-41-30-16-6-17-31-41)54-42-32-18-7-19-33-42/h3-37H,2H2,1H3. The van der Waals surface area contributed by atoms with Crippen molar-refractivity contribution >= 4 is 30.6 Å². The first-order chi connectivity index (χ1) is 29.4. The van der Waals surface area contributed by atoms with Crippen LogP contribution in [0.2, 0.25) is 0 Å². The minimum Gasteiger partial charge on any atom is -0.422 e. The van der Waals surface area contributed by atoms with Crippen molar-refractivity contribution in [3.05, 3.63) is 212 Å². The molecule has 7 aromatic rings. The van der Waals surface area contributed by atoms with Gasteiger partial charge in [-0.15, -0.1) is 9.03 Å². The molecule has 304 valence electrons. The van der Waals surface area contributed by atoms with Crippen LogP contribution < -0.4 is 31.7 Å². The molecule has 0 amide bonds. The first kappa shape index (κ1) is 40.8. The molecule has 16 heteroatoms. The fourth-order valence-electron chi connectivity index (χ4n) is 5.53. The van der Waals surface area contributed by atoms with Crippen LogP contribution in [0.3, 0.4) is 0 Å². The molecule has 1 atom stereocenters. The van der Waals surface area contributed by atoms with Gasteiger partial charge in [0.05, 0.1) is 6.61 Å². The van der Waals surface area contributed by atoms with E-state index in [9.17, 15) is 0 Å². The number of hydrogen-bond acceptors (Lipinski definition) is 12. The average Bonchev–Trinajstić information content (AvgIpc) is 3.25. The lowest BCUT2D eigenvalue weighted by Gasteiger charge is -2.33. The van der Waals surface area contributed by atoms with E-state index >= 15 is 0 Å². The van der Waals surface area contributed by atoms with Gasteiger partial charge in [-0.3, -0.25) is 4.52 Å². The second-order valence-electron chi connectivity index (χ2n) is 12.6. The van der Waals surface area contributed by atoms with Crippen molar-refractivity contribution in [1.82, 2.24) is 0 Å². The fourth-order valence-corrected chi connectivity index (χ4v) is 17.7. The van der Waals surface area contributed by atoms with Gasteiger partial charge in [0.2, 0.25) is 0 Å². The van der Waals surface area contributed by atoms with Gasteiger partial charge in [0, 0.05) is 0 Å². The third-order valence-electron chi connectivity index (χ3n) is 7.97. The van der Waals surface area contributed by atoms with Crippen LogP contribution in [-0.2, 0) is 4.52 Å². The molecule has 0 radical (unpaired) electrons. The Morgan fingerprint density at radius 2 is 0.433 bits per heavy atom. The maximum absolute atomic E-state index is 6.99. The molecule has 60 heavy (non-hydrogen) atoms. The molecule has 0 fully saturated rings. The summed E-state index contributed by atoms with van der Waals surface area (Å²) >= 11 is 0. The van der Waals surface area contributed by atoms with Crippen LogP contribution in [0, 0.1) is 0 Å². The molecule has 12 nitrogen and oxygen atoms in total. The SMILES string of the molecule is CCOP1(Oc2ccccc2)=NP(Oc2ccccc2)(Oc2ccccc2)=NP(Oc2ccccc2)(Oc2ccccc2)=NP(Oc2ccccc2)(Oc2ccccc2)=N1. The maximum atomic E-state index is 6.99. The average molecular weight is 877 g/mol. The van der Waals surface area contributed by atoms with Gasteiger partial charge in [0.1, 0.15) is 40.2 Å². The van der Waals surface area contributed by atoms with E-state index in [1.54, 1.807) is 84.9 Å². The summed E-state index contributed by atoms with van der Waals surface area (Å²) in [4.78, 5) is 0. The molecule has 1 heterocycles. The Hall–Kier alpha value is -5.98. The van der Waals surface area contributed by atoms with E-state index in [0.717, 1.165) is 0 Å². The zero-order valence-corrected chi connectivity index (χ0v) is 35.8. The highest BCUT2D eigenvalue weighted by molar-refractivity contribution is 7.79. The topological polar surface area (TPSA) is 123 Å². The van der Waals surface area contributed by atoms with E-state index in [4.69, 9.17) is 54.3 Å². The minimum absolute atomic E-state index is 0.0856. The molecular weight excluding hydrogens is 836 g/mol. The van der Waals surface area contributed by atoms with Gasteiger partial charge in [-0.1, -0.05) is 136 Å². The maximum Gasteiger partial charge on any atom is 0.460 e. The van der Waals surface area contributed by atoms with Gasteiger partial charge in [-0.05, 0) is 91.9 Å². The first-order valence-electron chi connectivity index (χ1n) is 18.9. The lowest BCUT2D eigenvalue weighted by atomic mass is 10.3. The van der Waals surface area contributed by atoms with Crippen LogP contribution in [0.1, 0.15) is 6.92 Å². The van der Waals surface area contributed by atoms with Crippen molar-refractivity contribution in [2.24, 2.45) is 18.1 Å². The van der Waals surface area contributed by atoms with E-state index in [1.165, 1.54) is 0 Å². The molecule has 7 aromatic carbocycles. The van der Waals surface area contributed by atoms with Gasteiger partial charge in [0.15, 0.2) is 0 Å². The van der Waals surface area contributed by atoms with Crippen LogP contribution >= 0.6 is 30.6 Å². The minimum atomic E-state index is -4.29. The number of rotatable bonds is 16. The van der Waals surface area contributed by atoms with Crippen molar-refractivity contribution in [3.63, 3.8) is 0 Å². The predicted molar refractivity (Wildman–Crippen MR) is 239 cm³/mol. The van der Waals surface area contributed by atoms with Crippen molar-refractivity contribution in [3.8, 4) is 40.2 Å². The van der Waals surface area contributed by atoms with E-state index < -0.39 is 30.6 Å². The van der Waals surface area contributed by atoms with Crippen molar-refractivity contribution in [2.45, 2.75) is 6.92 Å². The molecule has 0 aliphatic carbocycles. The second-order valence-corrected chi connectivity index (χ2v) is 20.9. The zero-order valence-electron chi connectivity index (χ0n) is 32.3. The molecule has 0 N–H and O–H groups in total. The molecule has 8 rings (SSSR count). The Kier molecular flexibility index (Phi) is 12.9. The fraction of sp³-hybridized carbons (Fsp3) is 0.0455. The van der Waals surface area contributed by atoms with Crippen molar-refractivity contribution in [2.75, 3.05) is 6.61 Å². The summed E-state index contributed by atoms with van der Waals surface area (Å²) in [6, 6.07) is 63.6. The quantitative estimate of drug-likeness (QED) is 0.0879. The Morgan fingerprint density at radius 3 is 0.633 bits per heavy atom. The summed E-state index contributed by atoms with van der Waals surface area (Å²) in [5.74, 6) is 2.65. The van der Waals surface area contributed by atoms with Crippen molar-refractivity contribution in [1.29, 1.82) is 0 Å². The number of hydrogen-bond donors (Lipinski definition) is 0. The number of para-hydroxylation sites is 7. The second kappa shape index (κ2) is 18.9.